The van der Waals surface area contributed by atoms with Crippen LogP contribution in [0.2, 0.25) is 0 Å². The van der Waals surface area contributed by atoms with Crippen molar-refractivity contribution in [3.8, 4) is 0 Å². The molecule has 0 radical (unpaired) electrons. The Balaban J connectivity index is 2.24. The van der Waals surface area contributed by atoms with Crippen LogP contribution in [0.1, 0.15) is 13.3 Å². The van der Waals surface area contributed by atoms with Crippen LogP contribution in [0.4, 0.5) is 0 Å². The summed E-state index contributed by atoms with van der Waals surface area (Å²) in [6, 6.07) is 0.550. The molecule has 0 fully saturated rings. The van der Waals surface area contributed by atoms with E-state index in [0.29, 0.717) is 6.04 Å². The van der Waals surface area contributed by atoms with Gasteiger partial charge in [0.1, 0.15) is 0 Å². The van der Waals surface area contributed by atoms with E-state index in [9.17, 15) is 0 Å². The zero-order chi connectivity index (χ0) is 9.68. The molecule has 13 heavy (non-hydrogen) atoms. The molecule has 1 atom stereocenters. The van der Waals surface area contributed by atoms with Crippen molar-refractivity contribution < 1.29 is 0 Å². The summed E-state index contributed by atoms with van der Waals surface area (Å²) in [7, 11) is 3.82. The van der Waals surface area contributed by atoms with Crippen molar-refractivity contribution in [2.75, 3.05) is 12.8 Å². The smallest absolute Gasteiger partial charge is 0.209 e. The Kier molecular flexibility index (Phi) is 4.17. The van der Waals surface area contributed by atoms with Crippen molar-refractivity contribution in [2.45, 2.75) is 24.5 Å². The molecule has 74 valence electrons. The van der Waals surface area contributed by atoms with Crippen molar-refractivity contribution in [1.29, 1.82) is 0 Å². The molecule has 0 amide bonds. The summed E-state index contributed by atoms with van der Waals surface area (Å²) < 4.78 is 1.69. The highest BCUT2D eigenvalue weighted by Gasteiger charge is 2.03. The van der Waals surface area contributed by atoms with Crippen LogP contribution in [0.15, 0.2) is 5.16 Å². The van der Waals surface area contributed by atoms with Gasteiger partial charge >= 0.3 is 0 Å². The Morgan fingerprint density at radius 1 is 1.62 bits per heavy atom. The van der Waals surface area contributed by atoms with E-state index in [2.05, 4.69) is 27.8 Å². The molecule has 0 aliphatic heterocycles. The van der Waals surface area contributed by atoms with E-state index >= 15 is 0 Å². The molecule has 0 saturated heterocycles. The number of thioether (sulfide) groups is 1. The maximum Gasteiger partial charge on any atom is 0.209 e. The minimum Gasteiger partial charge on any atom is -0.317 e. The van der Waals surface area contributed by atoms with Gasteiger partial charge in [0.15, 0.2) is 0 Å². The van der Waals surface area contributed by atoms with Crippen LogP contribution in [-0.4, -0.2) is 39.0 Å². The highest BCUT2D eigenvalue weighted by atomic mass is 32.2. The third-order valence-electron chi connectivity index (χ3n) is 1.86. The first kappa shape index (κ1) is 10.5. The van der Waals surface area contributed by atoms with Crippen LogP contribution in [0.25, 0.3) is 0 Å². The van der Waals surface area contributed by atoms with Crippen LogP contribution >= 0.6 is 11.8 Å². The van der Waals surface area contributed by atoms with Crippen molar-refractivity contribution in [1.82, 2.24) is 25.5 Å². The molecular weight excluding hydrogens is 186 g/mol. The average molecular weight is 201 g/mol. The van der Waals surface area contributed by atoms with Crippen LogP contribution < -0.4 is 5.32 Å². The molecule has 0 saturated carbocycles. The number of hydrogen-bond acceptors (Lipinski definition) is 5. The maximum absolute atomic E-state index is 3.88. The number of tetrazole rings is 1. The van der Waals surface area contributed by atoms with Gasteiger partial charge in [-0.1, -0.05) is 11.8 Å². The fraction of sp³-hybridized carbons (Fsp3) is 0.857. The first-order valence-electron chi connectivity index (χ1n) is 4.26. The summed E-state index contributed by atoms with van der Waals surface area (Å²) in [6.07, 6.45) is 1.12. The van der Waals surface area contributed by atoms with E-state index < -0.39 is 0 Å². The lowest BCUT2D eigenvalue weighted by atomic mass is 10.3. The molecule has 0 bridgehead atoms. The average Bonchev–Trinajstić information content (AvgIpc) is 2.52. The predicted molar refractivity (Wildman–Crippen MR) is 52.7 cm³/mol. The fourth-order valence-corrected chi connectivity index (χ4v) is 1.79. The number of aryl methyl sites for hydroxylation is 1. The van der Waals surface area contributed by atoms with Gasteiger partial charge in [0.25, 0.3) is 0 Å². The zero-order valence-corrected chi connectivity index (χ0v) is 9.01. The maximum atomic E-state index is 3.88. The van der Waals surface area contributed by atoms with E-state index in [1.807, 2.05) is 14.1 Å². The topological polar surface area (TPSA) is 55.6 Å². The second kappa shape index (κ2) is 5.18. The van der Waals surface area contributed by atoms with Gasteiger partial charge < -0.3 is 5.32 Å². The zero-order valence-electron chi connectivity index (χ0n) is 8.19. The first-order valence-corrected chi connectivity index (χ1v) is 5.25. The monoisotopic (exact) mass is 201 g/mol. The summed E-state index contributed by atoms with van der Waals surface area (Å²) in [5, 5.41) is 15.3. The first-order chi connectivity index (χ1) is 6.24. The Bertz CT molecular complexity index is 249. The van der Waals surface area contributed by atoms with Crippen LogP contribution in [0.5, 0.6) is 0 Å². The largest absolute Gasteiger partial charge is 0.317 e. The summed E-state index contributed by atoms with van der Waals surface area (Å²) in [5.41, 5.74) is 0. The third-order valence-corrected chi connectivity index (χ3v) is 2.90. The van der Waals surface area contributed by atoms with Crippen molar-refractivity contribution in [3.63, 3.8) is 0 Å². The SMILES string of the molecule is CNC(C)CCSc1nnnn1C. The Hall–Kier alpha value is -0.620. The predicted octanol–water partition coefficient (Wildman–Crippen LogP) is 0.300. The fourth-order valence-electron chi connectivity index (χ4n) is 0.815. The van der Waals surface area contributed by atoms with Gasteiger partial charge in [0, 0.05) is 18.8 Å². The number of rotatable bonds is 5. The van der Waals surface area contributed by atoms with Gasteiger partial charge in [-0.3, -0.25) is 0 Å². The Labute approximate surface area is 82.3 Å². The van der Waals surface area contributed by atoms with Gasteiger partial charge in [0.05, 0.1) is 0 Å². The van der Waals surface area contributed by atoms with Crippen LogP contribution in [-0.2, 0) is 7.05 Å². The van der Waals surface area contributed by atoms with Crippen LogP contribution in [0.3, 0.4) is 0 Å². The molecule has 1 aromatic heterocycles. The summed E-state index contributed by atoms with van der Waals surface area (Å²) in [5.74, 6) is 1.04. The summed E-state index contributed by atoms with van der Waals surface area (Å²) >= 11 is 1.68. The lowest BCUT2D eigenvalue weighted by Crippen LogP contribution is -2.21. The third kappa shape index (κ3) is 3.31. The molecule has 5 nitrogen and oxygen atoms in total. The quantitative estimate of drug-likeness (QED) is 0.694. The van der Waals surface area contributed by atoms with Gasteiger partial charge in [-0.05, 0) is 30.8 Å². The van der Waals surface area contributed by atoms with Gasteiger partial charge in [-0.25, -0.2) is 4.68 Å². The van der Waals surface area contributed by atoms with E-state index in [0.717, 1.165) is 17.3 Å². The lowest BCUT2D eigenvalue weighted by Gasteiger charge is -2.07. The lowest BCUT2D eigenvalue weighted by molar-refractivity contribution is 0.596. The number of hydrogen-bond donors (Lipinski definition) is 1. The molecular formula is C7H15N5S. The molecule has 0 aromatic carbocycles. The Morgan fingerprint density at radius 3 is 2.92 bits per heavy atom. The number of nitrogens with one attached hydrogen (secondary N) is 1. The molecule has 1 N–H and O–H groups in total. The highest BCUT2D eigenvalue weighted by Crippen LogP contribution is 2.13. The number of nitrogens with zero attached hydrogens (tertiary/aromatic N) is 4. The standard InChI is InChI=1S/C7H15N5S/c1-6(8-2)4-5-13-7-9-10-11-12(7)3/h6,8H,4-5H2,1-3H3. The van der Waals surface area contributed by atoms with Gasteiger partial charge in [0.2, 0.25) is 5.16 Å². The van der Waals surface area contributed by atoms with E-state index in [1.54, 1.807) is 16.4 Å². The molecule has 0 aliphatic carbocycles. The van der Waals surface area contributed by atoms with Crippen molar-refractivity contribution >= 4 is 11.8 Å². The summed E-state index contributed by atoms with van der Waals surface area (Å²) in [6.45, 7) is 2.16. The minimum atomic E-state index is 0.550. The van der Waals surface area contributed by atoms with E-state index in [4.69, 9.17) is 0 Å². The van der Waals surface area contributed by atoms with E-state index in [1.165, 1.54) is 0 Å². The molecule has 1 heterocycles. The normalized spacial score (nSPS) is 13.2. The van der Waals surface area contributed by atoms with Crippen LogP contribution in [0, 0.1) is 0 Å². The van der Waals surface area contributed by atoms with E-state index in [-0.39, 0.29) is 0 Å². The number of aromatic nitrogens is 4. The minimum absolute atomic E-state index is 0.550. The molecule has 0 spiro atoms. The van der Waals surface area contributed by atoms with Gasteiger partial charge in [-0.15, -0.1) is 5.10 Å². The van der Waals surface area contributed by atoms with Crippen molar-refractivity contribution in [2.24, 2.45) is 7.05 Å². The molecule has 1 unspecified atom stereocenters. The van der Waals surface area contributed by atoms with Crippen molar-refractivity contribution in [3.05, 3.63) is 0 Å². The molecule has 1 aromatic rings. The Morgan fingerprint density at radius 2 is 2.38 bits per heavy atom. The molecule has 1 rings (SSSR count). The molecule has 0 aliphatic rings. The second-order valence-corrected chi connectivity index (χ2v) is 3.97. The van der Waals surface area contributed by atoms with Gasteiger partial charge in [-0.2, -0.15) is 0 Å². The molecule has 6 heteroatoms. The second-order valence-electron chi connectivity index (χ2n) is 2.91. The summed E-state index contributed by atoms with van der Waals surface area (Å²) in [4.78, 5) is 0. The highest BCUT2D eigenvalue weighted by molar-refractivity contribution is 7.99.